The Kier molecular flexibility index (Phi) is 4.56. The van der Waals surface area contributed by atoms with Crippen LogP contribution in [0.25, 0.3) is 0 Å². The number of aromatic hydroxyl groups is 1. The molecule has 0 bridgehead atoms. The molecule has 0 saturated carbocycles. The first-order chi connectivity index (χ1) is 8.24. The van der Waals surface area contributed by atoms with Crippen LogP contribution in [0, 0.1) is 0 Å². The van der Waals surface area contributed by atoms with E-state index in [4.69, 9.17) is 10.6 Å². The van der Waals surface area contributed by atoms with Crippen LogP contribution in [-0.2, 0) is 0 Å². The average molecular weight is 254 g/mol. The number of hydrazine groups is 1. The molecular formula is C13H22N2O3. The fourth-order valence-corrected chi connectivity index (χ4v) is 1.48. The van der Waals surface area contributed by atoms with Crippen LogP contribution in [-0.4, -0.2) is 34.4 Å². The van der Waals surface area contributed by atoms with Crippen molar-refractivity contribution < 1.29 is 14.9 Å². The number of methoxy groups -OCH3 is 1. The second kappa shape index (κ2) is 5.56. The summed E-state index contributed by atoms with van der Waals surface area (Å²) >= 11 is 0. The number of rotatable bonds is 4. The van der Waals surface area contributed by atoms with Gasteiger partial charge in [-0.1, -0.05) is 0 Å². The molecule has 4 N–H and O–H groups in total. The van der Waals surface area contributed by atoms with Gasteiger partial charge in [0.2, 0.25) is 0 Å². The summed E-state index contributed by atoms with van der Waals surface area (Å²) in [4.78, 5) is 0. The van der Waals surface area contributed by atoms with Crippen molar-refractivity contribution in [2.24, 2.45) is 5.84 Å². The van der Waals surface area contributed by atoms with E-state index in [0.29, 0.717) is 11.3 Å². The molecule has 0 aliphatic rings. The summed E-state index contributed by atoms with van der Waals surface area (Å²) in [5.74, 6) is 6.44. The van der Waals surface area contributed by atoms with Gasteiger partial charge in [-0.05, 0) is 38.5 Å². The number of benzene rings is 1. The first-order valence-electron chi connectivity index (χ1n) is 5.82. The standard InChI is InChI=1S/C13H22N2O3/c1-13(2,3)15(14)8-12(17)9-5-10(16)7-11(6-9)18-4/h5-7,12,16-17H,8,14H2,1-4H3. The van der Waals surface area contributed by atoms with Gasteiger partial charge in [-0.2, -0.15) is 0 Å². The van der Waals surface area contributed by atoms with Crippen LogP contribution >= 0.6 is 0 Å². The lowest BCUT2D eigenvalue weighted by molar-refractivity contribution is 0.0581. The van der Waals surface area contributed by atoms with E-state index in [0.717, 1.165) is 0 Å². The summed E-state index contributed by atoms with van der Waals surface area (Å²) < 4.78 is 5.04. The molecule has 102 valence electrons. The zero-order valence-corrected chi connectivity index (χ0v) is 11.3. The number of nitrogens with two attached hydrogens (primary N) is 1. The Balaban J connectivity index is 2.84. The minimum atomic E-state index is -0.782. The number of aliphatic hydroxyl groups excluding tert-OH is 1. The molecule has 0 saturated heterocycles. The minimum Gasteiger partial charge on any atom is -0.508 e. The van der Waals surface area contributed by atoms with Gasteiger partial charge in [0.25, 0.3) is 0 Å². The molecule has 0 aliphatic heterocycles. The van der Waals surface area contributed by atoms with E-state index >= 15 is 0 Å². The minimum absolute atomic E-state index is 0.0581. The summed E-state index contributed by atoms with van der Waals surface area (Å²) in [6.07, 6.45) is -0.782. The van der Waals surface area contributed by atoms with Crippen molar-refractivity contribution in [2.75, 3.05) is 13.7 Å². The first-order valence-corrected chi connectivity index (χ1v) is 5.82. The molecule has 0 aliphatic carbocycles. The van der Waals surface area contributed by atoms with E-state index in [2.05, 4.69) is 0 Å². The number of ether oxygens (including phenoxy) is 1. The highest BCUT2D eigenvalue weighted by molar-refractivity contribution is 5.38. The lowest BCUT2D eigenvalue weighted by Gasteiger charge is -2.32. The van der Waals surface area contributed by atoms with E-state index in [1.807, 2.05) is 20.8 Å². The zero-order valence-electron chi connectivity index (χ0n) is 11.3. The zero-order chi connectivity index (χ0) is 13.9. The third-order valence-electron chi connectivity index (χ3n) is 2.77. The van der Waals surface area contributed by atoms with E-state index in [9.17, 15) is 10.2 Å². The van der Waals surface area contributed by atoms with Crippen molar-refractivity contribution in [3.63, 3.8) is 0 Å². The van der Waals surface area contributed by atoms with Crippen LogP contribution in [0.4, 0.5) is 0 Å². The molecular weight excluding hydrogens is 232 g/mol. The number of hydrogen-bond donors (Lipinski definition) is 3. The molecule has 0 heterocycles. The van der Waals surface area contributed by atoms with Gasteiger partial charge in [0.05, 0.1) is 13.2 Å². The van der Waals surface area contributed by atoms with Crippen molar-refractivity contribution in [1.82, 2.24) is 5.01 Å². The number of aliphatic hydroxyl groups is 1. The molecule has 1 unspecified atom stereocenters. The molecule has 0 spiro atoms. The van der Waals surface area contributed by atoms with Crippen molar-refractivity contribution >= 4 is 0 Å². The van der Waals surface area contributed by atoms with Gasteiger partial charge >= 0.3 is 0 Å². The number of phenols is 1. The maximum absolute atomic E-state index is 10.1. The Labute approximate surface area is 108 Å². The Morgan fingerprint density at radius 3 is 2.44 bits per heavy atom. The summed E-state index contributed by atoms with van der Waals surface area (Å²) in [6.45, 7) is 6.16. The normalized spacial score (nSPS) is 13.7. The van der Waals surface area contributed by atoms with Gasteiger partial charge in [-0.15, -0.1) is 0 Å². The van der Waals surface area contributed by atoms with Crippen molar-refractivity contribution in [3.05, 3.63) is 23.8 Å². The highest BCUT2D eigenvalue weighted by Gasteiger charge is 2.21. The van der Waals surface area contributed by atoms with E-state index in [-0.39, 0.29) is 17.8 Å². The van der Waals surface area contributed by atoms with E-state index in [1.165, 1.54) is 19.2 Å². The summed E-state index contributed by atoms with van der Waals surface area (Å²) in [6, 6.07) is 4.67. The molecule has 0 radical (unpaired) electrons. The highest BCUT2D eigenvalue weighted by Crippen LogP contribution is 2.26. The second-order valence-electron chi connectivity index (χ2n) is 5.30. The second-order valence-corrected chi connectivity index (χ2v) is 5.30. The van der Waals surface area contributed by atoms with Gasteiger partial charge in [-0.25, -0.2) is 5.01 Å². The lowest BCUT2D eigenvalue weighted by Crippen LogP contribution is -2.48. The van der Waals surface area contributed by atoms with Crippen molar-refractivity contribution in [2.45, 2.75) is 32.4 Å². The largest absolute Gasteiger partial charge is 0.508 e. The monoisotopic (exact) mass is 254 g/mol. The molecule has 1 rings (SSSR count). The fraction of sp³-hybridized carbons (Fsp3) is 0.538. The maximum atomic E-state index is 10.1. The van der Waals surface area contributed by atoms with Crippen LogP contribution in [0.1, 0.15) is 32.4 Å². The smallest absolute Gasteiger partial charge is 0.122 e. The molecule has 0 amide bonds. The third-order valence-corrected chi connectivity index (χ3v) is 2.77. The SMILES string of the molecule is COc1cc(O)cc(C(O)CN(N)C(C)(C)C)c1. The van der Waals surface area contributed by atoms with Crippen LogP contribution in [0.2, 0.25) is 0 Å². The molecule has 5 heteroatoms. The van der Waals surface area contributed by atoms with Crippen LogP contribution in [0.15, 0.2) is 18.2 Å². The van der Waals surface area contributed by atoms with E-state index < -0.39 is 6.10 Å². The fourth-order valence-electron chi connectivity index (χ4n) is 1.48. The molecule has 18 heavy (non-hydrogen) atoms. The predicted octanol–water partition coefficient (Wildman–Crippen LogP) is 1.41. The predicted molar refractivity (Wildman–Crippen MR) is 70.3 cm³/mol. The summed E-state index contributed by atoms with van der Waals surface area (Å²) in [5, 5.41) is 21.2. The number of β-amino-alcohol motifs (C(OH)–C–C–N with tert-alkyl or cyclic N) is 1. The van der Waals surface area contributed by atoms with Crippen LogP contribution < -0.4 is 10.6 Å². The Morgan fingerprint density at radius 1 is 1.33 bits per heavy atom. The molecule has 1 aromatic carbocycles. The Hall–Kier alpha value is -1.30. The van der Waals surface area contributed by atoms with Gasteiger partial charge in [-0.3, -0.25) is 5.84 Å². The first kappa shape index (κ1) is 14.8. The van der Waals surface area contributed by atoms with Crippen molar-refractivity contribution in [1.29, 1.82) is 0 Å². The van der Waals surface area contributed by atoms with Gasteiger partial charge in [0.15, 0.2) is 0 Å². The average Bonchev–Trinajstić information content (AvgIpc) is 2.26. The number of nitrogens with zero attached hydrogens (tertiary/aromatic N) is 1. The van der Waals surface area contributed by atoms with E-state index in [1.54, 1.807) is 11.1 Å². The number of hydrogen-bond acceptors (Lipinski definition) is 5. The maximum Gasteiger partial charge on any atom is 0.122 e. The molecule has 0 aromatic heterocycles. The third kappa shape index (κ3) is 3.87. The quantitative estimate of drug-likeness (QED) is 0.559. The molecule has 1 atom stereocenters. The van der Waals surface area contributed by atoms with Crippen LogP contribution in [0.3, 0.4) is 0 Å². The van der Waals surface area contributed by atoms with Crippen LogP contribution in [0.5, 0.6) is 11.5 Å². The molecule has 5 nitrogen and oxygen atoms in total. The number of phenolic OH excluding ortho intramolecular Hbond substituents is 1. The Morgan fingerprint density at radius 2 is 1.94 bits per heavy atom. The lowest BCUT2D eigenvalue weighted by atomic mass is 10.0. The Bertz CT molecular complexity index is 402. The van der Waals surface area contributed by atoms with Gasteiger partial charge in [0.1, 0.15) is 11.5 Å². The van der Waals surface area contributed by atoms with Gasteiger partial charge < -0.3 is 14.9 Å². The van der Waals surface area contributed by atoms with Gasteiger partial charge in [0, 0.05) is 18.2 Å². The topological polar surface area (TPSA) is 79.0 Å². The highest BCUT2D eigenvalue weighted by atomic mass is 16.5. The van der Waals surface area contributed by atoms with Crippen molar-refractivity contribution in [3.8, 4) is 11.5 Å². The summed E-state index contributed by atoms with van der Waals surface area (Å²) in [5.41, 5.74) is 0.341. The molecule has 1 aromatic rings. The summed E-state index contributed by atoms with van der Waals surface area (Å²) in [7, 11) is 1.51. The molecule has 0 fully saturated rings.